The molecule has 138 valence electrons. The minimum Gasteiger partial charge on any atom is -0.497 e. The van der Waals surface area contributed by atoms with E-state index in [0.717, 1.165) is 17.7 Å². The minimum atomic E-state index is -0.332. The Kier molecular flexibility index (Phi) is 6.96. The van der Waals surface area contributed by atoms with Crippen molar-refractivity contribution < 1.29 is 14.3 Å². The molecule has 2 N–H and O–H groups in total. The van der Waals surface area contributed by atoms with Crippen LogP contribution in [0, 0.1) is 0 Å². The molecule has 0 unspecified atom stereocenters. The summed E-state index contributed by atoms with van der Waals surface area (Å²) < 4.78 is 6.71. The second-order valence-corrected chi connectivity index (χ2v) is 5.60. The molecule has 1 aromatic heterocycles. The molecule has 0 radical (unpaired) electrons. The fourth-order valence-electron chi connectivity index (χ4n) is 2.23. The molecule has 0 atom stereocenters. The van der Waals surface area contributed by atoms with Gasteiger partial charge in [0.25, 0.3) is 5.91 Å². The number of methoxy groups -OCH3 is 1. The number of nitrogens with one attached hydrogen (secondary N) is 2. The number of amides is 2. The molecule has 7 nitrogen and oxygen atoms in total. The molecular weight excluding hydrogens is 332 g/mol. The lowest BCUT2D eigenvalue weighted by Crippen LogP contribution is -2.26. The summed E-state index contributed by atoms with van der Waals surface area (Å²) in [6.45, 7) is 5.04. The number of rotatable bonds is 8. The van der Waals surface area contributed by atoms with Crippen molar-refractivity contribution in [3.8, 4) is 5.75 Å². The van der Waals surface area contributed by atoms with Gasteiger partial charge in [-0.15, -0.1) is 0 Å². The number of anilines is 1. The topological polar surface area (TPSA) is 85.3 Å². The monoisotopic (exact) mass is 356 g/mol. The van der Waals surface area contributed by atoms with E-state index in [9.17, 15) is 9.59 Å². The van der Waals surface area contributed by atoms with Crippen LogP contribution in [0.2, 0.25) is 0 Å². The Morgan fingerprint density at radius 3 is 2.58 bits per heavy atom. The average Bonchev–Trinajstić information content (AvgIpc) is 3.07. The molecule has 2 aromatic rings. The summed E-state index contributed by atoms with van der Waals surface area (Å²) in [6, 6.07) is 7.33. The number of aromatic nitrogens is 2. The zero-order chi connectivity index (χ0) is 18.9. The van der Waals surface area contributed by atoms with Crippen LogP contribution in [0.15, 0.2) is 36.5 Å². The van der Waals surface area contributed by atoms with Gasteiger partial charge in [0.15, 0.2) is 5.69 Å². The summed E-state index contributed by atoms with van der Waals surface area (Å²) in [7, 11) is 1.60. The zero-order valence-corrected chi connectivity index (χ0v) is 15.3. The number of hydrogen-bond donors (Lipinski definition) is 2. The smallest absolute Gasteiger partial charge is 0.273 e. The average molecular weight is 356 g/mol. The second-order valence-electron chi connectivity index (χ2n) is 5.60. The van der Waals surface area contributed by atoms with Gasteiger partial charge in [-0.1, -0.05) is 19.1 Å². The molecule has 2 amide bonds. The van der Waals surface area contributed by atoms with Gasteiger partial charge in [-0.2, -0.15) is 5.10 Å². The Morgan fingerprint density at radius 1 is 1.23 bits per heavy atom. The highest BCUT2D eigenvalue weighted by Gasteiger charge is 2.17. The van der Waals surface area contributed by atoms with Crippen LogP contribution in [-0.4, -0.2) is 35.2 Å². The molecule has 0 aliphatic carbocycles. The van der Waals surface area contributed by atoms with Crippen LogP contribution in [0.4, 0.5) is 5.69 Å². The lowest BCUT2D eigenvalue weighted by Gasteiger charge is -2.04. The fourth-order valence-corrected chi connectivity index (χ4v) is 2.23. The van der Waals surface area contributed by atoms with Crippen LogP contribution in [0.25, 0.3) is 6.08 Å². The highest BCUT2D eigenvalue weighted by molar-refractivity contribution is 6.06. The molecule has 0 bridgehead atoms. The normalized spacial score (nSPS) is 10.7. The van der Waals surface area contributed by atoms with Gasteiger partial charge in [0.1, 0.15) is 5.75 Å². The van der Waals surface area contributed by atoms with Crippen molar-refractivity contribution in [3.63, 3.8) is 0 Å². The first-order chi connectivity index (χ1) is 12.6. The molecule has 0 spiro atoms. The van der Waals surface area contributed by atoms with E-state index in [2.05, 4.69) is 15.7 Å². The summed E-state index contributed by atoms with van der Waals surface area (Å²) in [4.78, 5) is 24.4. The molecule has 0 saturated heterocycles. The quantitative estimate of drug-likeness (QED) is 0.712. The molecule has 1 aromatic carbocycles. The third-order valence-corrected chi connectivity index (χ3v) is 3.64. The Bertz CT molecular complexity index is 779. The number of carbonyl (C=O) groups excluding carboxylic acids is 2. The fraction of sp³-hybridized carbons (Fsp3) is 0.316. The maximum absolute atomic E-state index is 12.2. The Labute approximate surface area is 153 Å². The van der Waals surface area contributed by atoms with E-state index >= 15 is 0 Å². The first kappa shape index (κ1) is 19.2. The number of carbonyl (C=O) groups is 2. The molecule has 0 aliphatic rings. The van der Waals surface area contributed by atoms with Crippen LogP contribution in [0.3, 0.4) is 0 Å². The largest absolute Gasteiger partial charge is 0.497 e. The van der Waals surface area contributed by atoms with Crippen LogP contribution >= 0.6 is 0 Å². The van der Waals surface area contributed by atoms with Gasteiger partial charge in [-0.05, 0) is 37.1 Å². The maximum Gasteiger partial charge on any atom is 0.273 e. The van der Waals surface area contributed by atoms with E-state index in [1.807, 2.05) is 38.1 Å². The van der Waals surface area contributed by atoms with Crippen LogP contribution in [-0.2, 0) is 11.3 Å². The third-order valence-electron chi connectivity index (χ3n) is 3.64. The Morgan fingerprint density at radius 2 is 1.96 bits per heavy atom. The maximum atomic E-state index is 12.2. The highest BCUT2D eigenvalue weighted by Crippen LogP contribution is 2.15. The lowest BCUT2D eigenvalue weighted by atomic mass is 10.2. The van der Waals surface area contributed by atoms with Crippen molar-refractivity contribution in [2.24, 2.45) is 0 Å². The number of ether oxygens (including phenoxy) is 1. The van der Waals surface area contributed by atoms with Crippen molar-refractivity contribution in [1.82, 2.24) is 15.1 Å². The summed E-state index contributed by atoms with van der Waals surface area (Å²) in [6.07, 6.45) is 5.58. The molecule has 7 heteroatoms. The van der Waals surface area contributed by atoms with Crippen molar-refractivity contribution in [3.05, 3.63) is 47.8 Å². The van der Waals surface area contributed by atoms with Crippen molar-refractivity contribution in [2.45, 2.75) is 26.8 Å². The number of benzene rings is 1. The first-order valence-corrected chi connectivity index (χ1v) is 8.56. The number of nitrogens with zero attached hydrogens (tertiary/aromatic N) is 2. The molecule has 0 fully saturated rings. The van der Waals surface area contributed by atoms with E-state index in [4.69, 9.17) is 4.74 Å². The number of aryl methyl sites for hydroxylation is 1. The first-order valence-electron chi connectivity index (χ1n) is 8.56. The van der Waals surface area contributed by atoms with Crippen molar-refractivity contribution in [2.75, 3.05) is 19.0 Å². The molecule has 1 heterocycles. The molecular formula is C19H24N4O3. The van der Waals surface area contributed by atoms with E-state index in [0.29, 0.717) is 18.8 Å². The van der Waals surface area contributed by atoms with Crippen LogP contribution < -0.4 is 15.4 Å². The molecule has 2 rings (SSSR count). The van der Waals surface area contributed by atoms with Gasteiger partial charge in [0, 0.05) is 25.4 Å². The van der Waals surface area contributed by atoms with Gasteiger partial charge in [-0.25, -0.2) is 0 Å². The van der Waals surface area contributed by atoms with Gasteiger partial charge >= 0.3 is 0 Å². The number of hydrogen-bond acceptors (Lipinski definition) is 4. The Hall–Kier alpha value is -3.09. The Balaban J connectivity index is 2.08. The SMILES string of the molecule is CCCNC(=O)c1nn(CC)cc1NC(=O)/C=C/c1ccc(OC)cc1. The zero-order valence-electron chi connectivity index (χ0n) is 15.3. The van der Waals surface area contributed by atoms with Crippen LogP contribution in [0.5, 0.6) is 5.75 Å². The van der Waals surface area contributed by atoms with Crippen LogP contribution in [0.1, 0.15) is 36.3 Å². The summed E-state index contributed by atoms with van der Waals surface area (Å²) >= 11 is 0. The summed E-state index contributed by atoms with van der Waals surface area (Å²) in [5.74, 6) is 0.121. The van der Waals surface area contributed by atoms with E-state index < -0.39 is 0 Å². The van der Waals surface area contributed by atoms with E-state index in [-0.39, 0.29) is 17.5 Å². The lowest BCUT2D eigenvalue weighted by molar-refractivity contribution is -0.111. The second kappa shape index (κ2) is 9.41. The molecule has 26 heavy (non-hydrogen) atoms. The van der Waals surface area contributed by atoms with Gasteiger partial charge < -0.3 is 15.4 Å². The predicted octanol–water partition coefficient (Wildman–Crippen LogP) is 2.70. The van der Waals surface area contributed by atoms with E-state index in [1.54, 1.807) is 24.1 Å². The van der Waals surface area contributed by atoms with Crippen molar-refractivity contribution >= 4 is 23.6 Å². The van der Waals surface area contributed by atoms with Crippen molar-refractivity contribution in [1.29, 1.82) is 0 Å². The highest BCUT2D eigenvalue weighted by atomic mass is 16.5. The standard InChI is InChI=1S/C19H24N4O3/c1-4-12-20-19(25)18-16(13-23(5-2)22-18)21-17(24)11-8-14-6-9-15(26-3)10-7-14/h6-11,13H,4-5,12H2,1-3H3,(H,20,25)(H,21,24)/b11-8+. The molecule has 0 aliphatic heterocycles. The third kappa shape index (κ3) is 5.20. The van der Waals surface area contributed by atoms with Gasteiger partial charge in [-0.3, -0.25) is 14.3 Å². The molecule has 0 saturated carbocycles. The van der Waals surface area contributed by atoms with Gasteiger partial charge in [0.2, 0.25) is 5.91 Å². The minimum absolute atomic E-state index is 0.214. The van der Waals surface area contributed by atoms with E-state index in [1.165, 1.54) is 6.08 Å². The predicted molar refractivity (Wildman–Crippen MR) is 101 cm³/mol. The van der Waals surface area contributed by atoms with Gasteiger partial charge in [0.05, 0.1) is 12.8 Å². The summed E-state index contributed by atoms with van der Waals surface area (Å²) in [5, 5.41) is 9.72. The summed E-state index contributed by atoms with van der Waals surface area (Å²) in [5.41, 5.74) is 1.47.